The minimum Gasteiger partial charge on any atom is -0.444 e. The van der Waals surface area contributed by atoms with Crippen molar-refractivity contribution in [3.05, 3.63) is 24.0 Å². The van der Waals surface area contributed by atoms with Gasteiger partial charge in [-0.3, -0.25) is 5.32 Å². The lowest BCUT2D eigenvalue weighted by Crippen LogP contribution is -2.27. The molecule has 0 aliphatic carbocycles. The number of hydrogen-bond donors (Lipinski definition) is 2. The van der Waals surface area contributed by atoms with E-state index in [9.17, 15) is 9.18 Å². The van der Waals surface area contributed by atoms with Gasteiger partial charge in [-0.1, -0.05) is 13.8 Å². The summed E-state index contributed by atoms with van der Waals surface area (Å²) in [5.41, 5.74) is 0.266. The SMILES string of the molecule is CCC(CC)Nc1ccc(F)c(NC(=O)OC(C)(C)C)c1. The molecule has 1 rings (SSSR count). The lowest BCUT2D eigenvalue weighted by molar-refractivity contribution is 0.0635. The van der Waals surface area contributed by atoms with E-state index in [1.165, 1.54) is 6.07 Å². The third-order valence-corrected chi connectivity index (χ3v) is 2.96. The van der Waals surface area contributed by atoms with Gasteiger partial charge in [-0.05, 0) is 51.8 Å². The summed E-state index contributed by atoms with van der Waals surface area (Å²) < 4.78 is 18.9. The van der Waals surface area contributed by atoms with Gasteiger partial charge < -0.3 is 10.1 Å². The van der Waals surface area contributed by atoms with E-state index in [0.29, 0.717) is 6.04 Å². The van der Waals surface area contributed by atoms with Gasteiger partial charge in [0.2, 0.25) is 0 Å². The van der Waals surface area contributed by atoms with Crippen molar-refractivity contribution in [3.8, 4) is 0 Å². The molecular weight excluding hydrogens is 271 g/mol. The molecule has 4 nitrogen and oxygen atoms in total. The number of benzene rings is 1. The highest BCUT2D eigenvalue weighted by atomic mass is 19.1. The number of amides is 1. The van der Waals surface area contributed by atoms with Gasteiger partial charge in [0.25, 0.3) is 0 Å². The molecular formula is C16H25FN2O2. The van der Waals surface area contributed by atoms with Crippen LogP contribution in [0.4, 0.5) is 20.6 Å². The van der Waals surface area contributed by atoms with E-state index in [2.05, 4.69) is 24.5 Å². The molecule has 21 heavy (non-hydrogen) atoms. The van der Waals surface area contributed by atoms with Crippen LogP contribution in [-0.2, 0) is 4.74 Å². The number of halogens is 1. The Labute approximate surface area is 126 Å². The zero-order chi connectivity index (χ0) is 16.0. The largest absolute Gasteiger partial charge is 0.444 e. The standard InChI is InChI=1S/C16H25FN2O2/c1-6-11(7-2)18-12-8-9-13(17)14(10-12)19-15(20)21-16(3,4)5/h8-11,18H,6-7H2,1-5H3,(H,19,20). The van der Waals surface area contributed by atoms with Crippen LogP contribution in [0.15, 0.2) is 18.2 Å². The highest BCUT2D eigenvalue weighted by Gasteiger charge is 2.17. The minimum absolute atomic E-state index is 0.111. The molecule has 0 saturated carbocycles. The molecule has 0 aliphatic heterocycles. The Morgan fingerprint density at radius 3 is 2.43 bits per heavy atom. The molecule has 0 fully saturated rings. The van der Waals surface area contributed by atoms with Crippen LogP contribution >= 0.6 is 0 Å². The normalized spacial score (nSPS) is 11.4. The second kappa shape index (κ2) is 7.29. The van der Waals surface area contributed by atoms with Crippen LogP contribution in [0.1, 0.15) is 47.5 Å². The number of hydrogen-bond acceptors (Lipinski definition) is 3. The molecule has 0 atom stereocenters. The van der Waals surface area contributed by atoms with Gasteiger partial charge in [0.05, 0.1) is 5.69 Å². The maximum Gasteiger partial charge on any atom is 0.412 e. The molecule has 0 saturated heterocycles. The van der Waals surface area contributed by atoms with E-state index in [0.717, 1.165) is 18.5 Å². The molecule has 1 aromatic rings. The van der Waals surface area contributed by atoms with Crippen molar-refractivity contribution in [2.24, 2.45) is 0 Å². The summed E-state index contributed by atoms with van der Waals surface area (Å²) in [5, 5.41) is 5.75. The highest BCUT2D eigenvalue weighted by molar-refractivity contribution is 5.85. The number of carbonyl (C=O) groups excluding carboxylic acids is 1. The Bertz CT molecular complexity index is 480. The van der Waals surface area contributed by atoms with Crippen molar-refractivity contribution in [1.29, 1.82) is 0 Å². The van der Waals surface area contributed by atoms with Crippen LogP contribution < -0.4 is 10.6 Å². The second-order valence-electron chi connectivity index (χ2n) is 5.98. The van der Waals surface area contributed by atoms with Gasteiger partial charge >= 0.3 is 6.09 Å². The topological polar surface area (TPSA) is 50.4 Å². The first-order chi connectivity index (χ1) is 9.75. The van der Waals surface area contributed by atoms with E-state index >= 15 is 0 Å². The van der Waals surface area contributed by atoms with E-state index in [-0.39, 0.29) is 5.69 Å². The molecule has 1 amide bonds. The van der Waals surface area contributed by atoms with E-state index in [4.69, 9.17) is 4.74 Å². The Kier molecular flexibility index (Phi) is 6.00. The summed E-state index contributed by atoms with van der Waals surface area (Å²) in [6.07, 6.45) is 1.28. The summed E-state index contributed by atoms with van der Waals surface area (Å²) in [4.78, 5) is 11.7. The maximum absolute atomic E-state index is 13.8. The van der Waals surface area contributed by atoms with Gasteiger partial charge in [0.1, 0.15) is 11.4 Å². The summed E-state index contributed by atoms with van der Waals surface area (Å²) in [6, 6.07) is 4.90. The number of carbonyl (C=O) groups is 1. The van der Waals surface area contributed by atoms with Gasteiger partial charge in [0, 0.05) is 11.7 Å². The third kappa shape index (κ3) is 6.02. The number of rotatable bonds is 5. The first kappa shape index (κ1) is 17.3. The highest BCUT2D eigenvalue weighted by Crippen LogP contribution is 2.22. The second-order valence-corrected chi connectivity index (χ2v) is 5.98. The van der Waals surface area contributed by atoms with Crippen LogP contribution in [-0.4, -0.2) is 17.7 Å². The zero-order valence-corrected chi connectivity index (χ0v) is 13.4. The fourth-order valence-electron chi connectivity index (χ4n) is 1.85. The Hall–Kier alpha value is -1.78. The fourth-order valence-corrected chi connectivity index (χ4v) is 1.85. The molecule has 0 bridgehead atoms. The predicted molar refractivity (Wildman–Crippen MR) is 84.2 cm³/mol. The number of anilines is 2. The lowest BCUT2D eigenvalue weighted by atomic mass is 10.1. The maximum atomic E-state index is 13.8. The van der Waals surface area contributed by atoms with Crippen molar-refractivity contribution in [2.75, 3.05) is 10.6 Å². The quantitative estimate of drug-likeness (QED) is 0.822. The van der Waals surface area contributed by atoms with Crippen LogP contribution in [0.25, 0.3) is 0 Å². The van der Waals surface area contributed by atoms with Gasteiger partial charge in [-0.2, -0.15) is 0 Å². The zero-order valence-electron chi connectivity index (χ0n) is 13.4. The van der Waals surface area contributed by atoms with Crippen molar-refractivity contribution in [3.63, 3.8) is 0 Å². The molecule has 0 radical (unpaired) electrons. The van der Waals surface area contributed by atoms with Crippen LogP contribution in [0.5, 0.6) is 0 Å². The molecule has 0 spiro atoms. The van der Waals surface area contributed by atoms with Crippen molar-refractivity contribution < 1.29 is 13.9 Å². The molecule has 2 N–H and O–H groups in total. The molecule has 0 aliphatic rings. The number of ether oxygens (including phenoxy) is 1. The Balaban J connectivity index is 2.80. The Morgan fingerprint density at radius 1 is 1.29 bits per heavy atom. The van der Waals surface area contributed by atoms with E-state index in [1.807, 2.05) is 0 Å². The summed E-state index contributed by atoms with van der Waals surface area (Å²) in [6.45, 7) is 9.45. The van der Waals surface area contributed by atoms with Gasteiger partial charge in [-0.25, -0.2) is 9.18 Å². The molecule has 0 unspecified atom stereocenters. The predicted octanol–water partition coefficient (Wildman–Crippen LogP) is 4.77. The van der Waals surface area contributed by atoms with Crippen molar-refractivity contribution in [2.45, 2.75) is 59.1 Å². The summed E-state index contributed by atoms with van der Waals surface area (Å²) >= 11 is 0. The molecule has 5 heteroatoms. The van der Waals surface area contributed by atoms with Crippen molar-refractivity contribution in [1.82, 2.24) is 0 Å². The monoisotopic (exact) mass is 296 g/mol. The number of nitrogens with one attached hydrogen (secondary N) is 2. The van der Waals surface area contributed by atoms with Gasteiger partial charge in [0.15, 0.2) is 0 Å². The van der Waals surface area contributed by atoms with Crippen LogP contribution in [0.3, 0.4) is 0 Å². The average molecular weight is 296 g/mol. The van der Waals surface area contributed by atoms with Crippen LogP contribution in [0.2, 0.25) is 0 Å². The first-order valence-corrected chi connectivity index (χ1v) is 7.31. The minimum atomic E-state index is -0.666. The summed E-state index contributed by atoms with van der Waals surface area (Å²) in [7, 11) is 0. The molecule has 118 valence electrons. The van der Waals surface area contributed by atoms with Crippen LogP contribution in [0, 0.1) is 5.82 Å². The van der Waals surface area contributed by atoms with E-state index in [1.54, 1.807) is 32.9 Å². The molecule has 1 aromatic carbocycles. The Morgan fingerprint density at radius 2 is 1.90 bits per heavy atom. The molecule has 0 aromatic heterocycles. The van der Waals surface area contributed by atoms with Crippen molar-refractivity contribution >= 4 is 17.5 Å². The summed E-state index contributed by atoms with van der Waals surface area (Å²) in [5.74, 6) is -0.490. The smallest absolute Gasteiger partial charge is 0.412 e. The van der Waals surface area contributed by atoms with E-state index < -0.39 is 17.5 Å². The first-order valence-electron chi connectivity index (χ1n) is 7.31. The fraction of sp³-hybridized carbons (Fsp3) is 0.562. The lowest BCUT2D eigenvalue weighted by Gasteiger charge is -2.20. The van der Waals surface area contributed by atoms with Gasteiger partial charge in [-0.15, -0.1) is 0 Å². The molecule has 0 heterocycles. The average Bonchev–Trinajstić information content (AvgIpc) is 2.37. The third-order valence-electron chi connectivity index (χ3n) is 2.96.